The molecule has 8 aliphatic heterocycles. The summed E-state index contributed by atoms with van der Waals surface area (Å²) in [4.78, 5) is 192. The second kappa shape index (κ2) is 25.4. The summed E-state index contributed by atoms with van der Waals surface area (Å²) in [5.74, 6) is -14.6. The Bertz CT molecular complexity index is 1810. The number of nitrogens with one attached hydrogen (secondary N) is 2. The molecule has 0 saturated carbocycles. The number of β-lactam (4-membered cyclic amide) rings is 16. The molecule has 63 heavy (non-hydrogen) atoms. The molecule has 8 aliphatic rings. The molecule has 8 saturated heterocycles. The molecule has 0 atom stereocenters. The van der Waals surface area contributed by atoms with E-state index < -0.39 is 128 Å². The van der Waals surface area contributed by atoms with E-state index in [-0.39, 0.29) is 218 Å². The van der Waals surface area contributed by atoms with Crippen molar-refractivity contribution in [2.24, 2.45) is 21.7 Å². The Hall–Kier alpha value is -1.72. The van der Waals surface area contributed by atoms with Gasteiger partial charge in [0.15, 0.2) is 0 Å². The number of nitrogens with zero attached hydrogens (tertiary/aromatic N) is 8. The average Bonchev–Trinajstić information content (AvgIpc) is 3.08. The van der Waals surface area contributed by atoms with Gasteiger partial charge in [0.05, 0.1) is 77.6 Å². The molecule has 0 aliphatic carbocycles. The molecule has 0 aromatic heterocycles. The predicted molar refractivity (Wildman–Crippen MR) is 166 cm³/mol. The molecular weight excluding hydrogens is 1320 g/mol. The van der Waals surface area contributed by atoms with Crippen molar-refractivity contribution in [1.82, 2.24) is 20.4 Å². The van der Waals surface area contributed by atoms with E-state index in [0.717, 1.165) is 9.80 Å². The summed E-state index contributed by atoms with van der Waals surface area (Å²) in [6.45, 7) is -0.287. The van der Waals surface area contributed by atoms with Crippen LogP contribution in [0.2, 0.25) is 0 Å². The van der Waals surface area contributed by atoms with Gasteiger partial charge in [0.2, 0.25) is 10.8 Å². The summed E-state index contributed by atoms with van der Waals surface area (Å²) >= 11 is 0. The van der Waals surface area contributed by atoms with Gasteiger partial charge >= 0.3 is 12.2 Å². The third kappa shape index (κ3) is 10.4. The zero-order valence-corrected chi connectivity index (χ0v) is 49.0. The molecule has 8 rings (SSSR count). The molecule has 18 amide bonds. The summed E-state index contributed by atoms with van der Waals surface area (Å²) in [7, 11) is 2.43. The molecule has 30 nitrogen and oxygen atoms in total. The predicted octanol–water partition coefficient (Wildman–Crippen LogP) is -5.10. The first kappa shape index (κ1) is 70.3. The number of hydrogen-bond donors (Lipinski definition) is 4. The zero-order valence-electron chi connectivity index (χ0n) is 32.0. The Kier molecular flexibility index (Phi) is 28.4. The summed E-state index contributed by atoms with van der Waals surface area (Å²) < 4.78 is 0. The third-order valence-electron chi connectivity index (χ3n) is 8.05. The van der Waals surface area contributed by atoms with Crippen LogP contribution in [-0.4, -0.2) is 147 Å². The normalized spacial score (nSPS) is 19.7. The van der Waals surface area contributed by atoms with Crippen molar-refractivity contribution in [3.63, 3.8) is 0 Å². The van der Waals surface area contributed by atoms with Crippen LogP contribution < -0.4 is 10.6 Å². The van der Waals surface area contributed by atoms with Crippen LogP contribution in [0.5, 0.6) is 0 Å². The van der Waals surface area contributed by atoms with Gasteiger partial charge in [-0.25, -0.2) is 9.59 Å². The van der Waals surface area contributed by atoms with E-state index in [1.165, 1.54) is 14.1 Å². The Morgan fingerprint density at radius 3 is 0.603 bits per heavy atom. The molecule has 0 aromatic carbocycles. The summed E-state index contributed by atoms with van der Waals surface area (Å²) in [6.07, 6.45) is -2.52. The summed E-state index contributed by atoms with van der Waals surface area (Å²) in [5, 5.41) is 36.4. The third-order valence-corrected chi connectivity index (χ3v) is 8.05. The van der Waals surface area contributed by atoms with Crippen molar-refractivity contribution >= 4 is 107 Å². The summed E-state index contributed by atoms with van der Waals surface area (Å²) in [5.41, 5.74) is -8.32. The van der Waals surface area contributed by atoms with Gasteiger partial charge in [-0.3, -0.25) is 29.0 Å². The van der Waals surface area contributed by atoms with Crippen LogP contribution in [0.4, 0.5) is 9.59 Å². The maximum Gasteiger partial charge on any atom is 0.406 e. The van der Waals surface area contributed by atoms with Gasteiger partial charge in [-0.15, -0.1) is 0 Å². The van der Waals surface area contributed by atoms with E-state index in [1.807, 2.05) is 0 Å². The fourth-order valence-corrected chi connectivity index (χ4v) is 4.72. The minimum Gasteiger partial charge on any atom is -0.593 e. The van der Waals surface area contributed by atoms with Gasteiger partial charge in [0, 0.05) is 210 Å². The van der Waals surface area contributed by atoms with E-state index in [9.17, 15) is 86.3 Å². The van der Waals surface area contributed by atoms with Gasteiger partial charge in [0.1, 0.15) is 10.8 Å². The Balaban J connectivity index is -0.000000216. The van der Waals surface area contributed by atoms with Crippen LogP contribution in [-0.2, 0) is 273 Å². The number of carbonyl (C=O) groups excluding carboxylic acids is 16. The standard InChI is InChI=1S/2C6H4N2O4.2C5H2N2O4.C3H6N2O4.2CH3.6Y/c2*1-8-4(11)6(5(8)12)2(9)7-3(6)10;2*8-1-5(2(9)6-1)3(10)7-4(5)11;6-2(7)4-1-5-3(8)9;;;;;;;;/h2*1H3,(H,7,9,10);2*(H2,6,7,8,9,10,11);4-5H,1H2,(H,6,7)(H,8,9);2*1H3;;;;;;/q;;;;;2*-1;;;;;;/p-6. The molecule has 36 heteroatoms. The molecule has 0 unspecified atom stereocenters. The smallest absolute Gasteiger partial charge is 0.406 e. The number of imide groups is 8. The molecule has 0 aromatic rings. The zero-order chi connectivity index (χ0) is 41.9. The molecule has 4 spiro atoms. The van der Waals surface area contributed by atoms with Crippen LogP contribution in [0, 0.1) is 36.5 Å². The van der Waals surface area contributed by atoms with Gasteiger partial charge in [0.25, 0.3) is 23.6 Å². The number of amides is 18. The largest absolute Gasteiger partial charge is 0.593 e. The second-order valence-electron chi connectivity index (χ2n) is 10.8. The van der Waals surface area contributed by atoms with E-state index in [2.05, 4.69) is 31.9 Å². The molecule has 322 valence electrons. The van der Waals surface area contributed by atoms with Crippen molar-refractivity contribution in [3.8, 4) is 0 Å². The topological polar surface area (TPSA) is 463 Å². The van der Waals surface area contributed by atoms with Crippen LogP contribution in [0.15, 0.2) is 0 Å². The fraction of sp³-hybridized carbons (Fsp3) is 0.259. The van der Waals surface area contributed by atoms with E-state index in [4.69, 9.17) is 10.2 Å². The number of hydrogen-bond acceptors (Lipinski definition) is 18. The Labute approximate surface area is 501 Å². The van der Waals surface area contributed by atoms with Crippen molar-refractivity contribution in [2.75, 3.05) is 20.8 Å². The number of rotatable bonds is 2. The molecule has 8 fully saturated rings. The fourth-order valence-electron chi connectivity index (χ4n) is 4.72. The maximum atomic E-state index is 11.0. The van der Waals surface area contributed by atoms with Crippen molar-refractivity contribution < 1.29 is 293 Å². The minimum atomic E-state index is -2.11. The van der Waals surface area contributed by atoms with E-state index >= 15 is 0 Å². The van der Waals surface area contributed by atoms with Gasteiger partial charge < -0.3 is 125 Å². The first-order chi connectivity index (χ1) is 25.4. The van der Waals surface area contributed by atoms with Crippen molar-refractivity contribution in [3.05, 3.63) is 46.8 Å². The molecule has 4 N–H and O–H groups in total. The number of carboxylic acid groups (broad SMARTS) is 2. The Morgan fingerprint density at radius 2 is 0.524 bits per heavy atom. The minimum absolute atomic E-state index is 0. The number of carbonyl (C=O) groups is 18. The SMILES string of the molecule is CN1C(=O)C2(C(=O)[N-]C2=O)C1=O.CN1C(=O)C2(C(=O)[N-]C2=O)C1=O.O=C(O)NCNC(=O)O.O=C1[N-]C(=O)C12C(=O)[N-]C2=O.O=C1[N-]C(=O)C12C(=O)[N-]C2=O.[CH3-].[CH3-].[Y].[Y].[Y].[Y].[Y].[Y]. The van der Waals surface area contributed by atoms with Gasteiger partial charge in [-0.1, -0.05) is 0 Å². The van der Waals surface area contributed by atoms with Gasteiger partial charge in [-0.05, 0) is 0 Å². The van der Waals surface area contributed by atoms with Crippen LogP contribution in [0.3, 0.4) is 0 Å². The van der Waals surface area contributed by atoms with Crippen LogP contribution >= 0.6 is 0 Å². The average molecular weight is 1340 g/mol. The first-order valence-corrected chi connectivity index (χ1v) is 13.8. The first-order valence-electron chi connectivity index (χ1n) is 13.8. The Morgan fingerprint density at radius 1 is 0.381 bits per heavy atom. The number of likely N-dealkylation sites (tertiary alicyclic amines) is 2. The van der Waals surface area contributed by atoms with Gasteiger partial charge in [-0.2, -0.15) is 0 Å². The van der Waals surface area contributed by atoms with Crippen molar-refractivity contribution in [1.29, 1.82) is 0 Å². The second-order valence-corrected chi connectivity index (χ2v) is 10.8. The molecule has 8 heterocycles. The molecule has 6 radical (unpaired) electrons. The molecule has 0 bridgehead atoms. The van der Waals surface area contributed by atoms with Crippen LogP contribution in [0.1, 0.15) is 0 Å². The van der Waals surface area contributed by atoms with E-state index in [1.54, 1.807) is 10.6 Å². The monoisotopic (exact) mass is 1340 g/mol. The quantitative estimate of drug-likeness (QED) is 0.0869. The maximum absolute atomic E-state index is 11.0. The molecular formula is C27H18N10O20Y6-8. The van der Waals surface area contributed by atoms with E-state index in [0.29, 0.717) is 0 Å². The van der Waals surface area contributed by atoms with Crippen molar-refractivity contribution in [2.45, 2.75) is 0 Å². The summed E-state index contributed by atoms with van der Waals surface area (Å²) in [6, 6.07) is 0. The van der Waals surface area contributed by atoms with Crippen LogP contribution in [0.25, 0.3) is 31.9 Å².